The lowest BCUT2D eigenvalue weighted by Crippen LogP contribution is -2.39. The van der Waals surface area contributed by atoms with Crippen LogP contribution in [0.5, 0.6) is 0 Å². The van der Waals surface area contributed by atoms with E-state index in [9.17, 15) is 4.79 Å². The smallest absolute Gasteiger partial charge is 0.410 e. The molecule has 3 N–H and O–H groups in total. The summed E-state index contributed by atoms with van der Waals surface area (Å²) in [5, 5.41) is 4.35. The molecule has 1 aliphatic heterocycles. The van der Waals surface area contributed by atoms with Gasteiger partial charge in [-0.2, -0.15) is 5.10 Å². The fraction of sp³-hybridized carbons (Fsp3) is 0.733. The Labute approximate surface area is 145 Å². The van der Waals surface area contributed by atoms with Crippen LogP contribution < -0.4 is 11.3 Å². The summed E-state index contributed by atoms with van der Waals surface area (Å²) < 4.78 is 8.30. The Kier molecular flexibility index (Phi) is 5.70. The lowest BCUT2D eigenvalue weighted by Gasteiger charge is -2.26. The SMILES string of the molecule is CCn1ncc(Br)c1C(NN)C1CCN(C(=O)OC(C)(C)C)C1. The van der Waals surface area contributed by atoms with Gasteiger partial charge in [-0.3, -0.25) is 16.0 Å². The second-order valence-electron chi connectivity index (χ2n) is 6.81. The maximum atomic E-state index is 12.2. The van der Waals surface area contributed by atoms with Crippen LogP contribution in [0.2, 0.25) is 0 Å². The van der Waals surface area contributed by atoms with Gasteiger partial charge in [-0.1, -0.05) is 0 Å². The molecule has 0 radical (unpaired) electrons. The van der Waals surface area contributed by atoms with E-state index in [0.717, 1.165) is 23.1 Å². The molecule has 0 aliphatic carbocycles. The van der Waals surface area contributed by atoms with Crippen LogP contribution in [0, 0.1) is 5.92 Å². The predicted octanol–water partition coefficient (Wildman–Crippen LogP) is 2.43. The van der Waals surface area contributed by atoms with Crippen LogP contribution in [0.25, 0.3) is 0 Å². The van der Waals surface area contributed by atoms with Gasteiger partial charge >= 0.3 is 6.09 Å². The minimum Gasteiger partial charge on any atom is -0.444 e. The zero-order valence-corrected chi connectivity index (χ0v) is 15.8. The molecule has 2 heterocycles. The minimum absolute atomic E-state index is 0.0701. The largest absolute Gasteiger partial charge is 0.444 e. The van der Waals surface area contributed by atoms with Gasteiger partial charge in [0.1, 0.15) is 5.60 Å². The van der Waals surface area contributed by atoms with Crippen LogP contribution in [0.4, 0.5) is 4.79 Å². The molecule has 1 aromatic heterocycles. The first kappa shape index (κ1) is 18.2. The normalized spacial score (nSPS) is 19.9. The van der Waals surface area contributed by atoms with E-state index >= 15 is 0 Å². The number of hydrogen-bond donors (Lipinski definition) is 2. The molecule has 2 rings (SSSR count). The van der Waals surface area contributed by atoms with Crippen LogP contribution in [0.3, 0.4) is 0 Å². The molecule has 0 bridgehead atoms. The number of nitrogens with two attached hydrogens (primary N) is 1. The lowest BCUT2D eigenvalue weighted by atomic mass is 9.96. The monoisotopic (exact) mass is 387 g/mol. The Balaban J connectivity index is 2.10. The number of carbonyl (C=O) groups excluding carboxylic acids is 1. The Hall–Kier alpha value is -1.12. The third kappa shape index (κ3) is 4.24. The minimum atomic E-state index is -0.482. The molecule has 1 amide bonds. The van der Waals surface area contributed by atoms with Gasteiger partial charge < -0.3 is 9.64 Å². The molecular weight excluding hydrogens is 362 g/mol. The van der Waals surface area contributed by atoms with Crippen molar-refractivity contribution < 1.29 is 9.53 Å². The summed E-state index contributed by atoms with van der Waals surface area (Å²) in [4.78, 5) is 14.0. The second-order valence-corrected chi connectivity index (χ2v) is 7.67. The number of amides is 1. The number of carbonyl (C=O) groups is 1. The number of rotatable bonds is 4. The average Bonchev–Trinajstić information content (AvgIpc) is 3.06. The first-order valence-electron chi connectivity index (χ1n) is 7.92. The van der Waals surface area contributed by atoms with E-state index < -0.39 is 5.60 Å². The molecule has 0 spiro atoms. The molecule has 1 fully saturated rings. The molecule has 7 nitrogen and oxygen atoms in total. The van der Waals surface area contributed by atoms with Gasteiger partial charge in [-0.25, -0.2) is 4.79 Å². The molecule has 1 aliphatic rings. The van der Waals surface area contributed by atoms with Crippen molar-refractivity contribution in [1.82, 2.24) is 20.1 Å². The molecule has 2 unspecified atom stereocenters. The van der Waals surface area contributed by atoms with E-state index in [-0.39, 0.29) is 18.1 Å². The zero-order chi connectivity index (χ0) is 17.2. The van der Waals surface area contributed by atoms with Gasteiger partial charge in [0, 0.05) is 25.6 Å². The highest BCUT2D eigenvalue weighted by Gasteiger charge is 2.36. The average molecular weight is 388 g/mol. The van der Waals surface area contributed by atoms with Gasteiger partial charge in [-0.15, -0.1) is 0 Å². The van der Waals surface area contributed by atoms with E-state index in [1.165, 1.54) is 0 Å². The molecule has 8 heteroatoms. The van der Waals surface area contributed by atoms with E-state index in [4.69, 9.17) is 10.6 Å². The van der Waals surface area contributed by atoms with E-state index in [1.807, 2.05) is 32.4 Å². The number of aromatic nitrogens is 2. The molecular formula is C15H26BrN5O2. The first-order valence-corrected chi connectivity index (χ1v) is 8.71. The van der Waals surface area contributed by atoms with Crippen LogP contribution in [-0.2, 0) is 11.3 Å². The fourth-order valence-corrected chi connectivity index (χ4v) is 3.47. The topological polar surface area (TPSA) is 85.4 Å². The zero-order valence-electron chi connectivity index (χ0n) is 14.2. The van der Waals surface area contributed by atoms with Gasteiger partial charge in [0.15, 0.2) is 0 Å². The van der Waals surface area contributed by atoms with Gasteiger partial charge in [0.2, 0.25) is 0 Å². The third-order valence-corrected chi connectivity index (χ3v) is 4.57. The second kappa shape index (κ2) is 7.19. The summed E-state index contributed by atoms with van der Waals surface area (Å²) in [7, 11) is 0. The van der Waals surface area contributed by atoms with Crippen molar-refractivity contribution in [2.24, 2.45) is 11.8 Å². The van der Waals surface area contributed by atoms with Crippen molar-refractivity contribution >= 4 is 22.0 Å². The van der Waals surface area contributed by atoms with Crippen LogP contribution in [0.1, 0.15) is 45.9 Å². The summed E-state index contributed by atoms with van der Waals surface area (Å²) in [5.41, 5.74) is 3.44. The van der Waals surface area contributed by atoms with Crippen molar-refractivity contribution in [3.05, 3.63) is 16.4 Å². The maximum Gasteiger partial charge on any atom is 0.410 e. The summed E-state index contributed by atoms with van der Waals surface area (Å²) in [6, 6.07) is -0.0701. The van der Waals surface area contributed by atoms with Crippen LogP contribution in [0.15, 0.2) is 10.7 Å². The number of nitrogens with one attached hydrogen (secondary N) is 1. The number of aryl methyl sites for hydroxylation is 1. The molecule has 23 heavy (non-hydrogen) atoms. The molecule has 0 aromatic carbocycles. The van der Waals surface area contributed by atoms with Crippen molar-refractivity contribution in [3.8, 4) is 0 Å². The number of ether oxygens (including phenoxy) is 1. The van der Waals surface area contributed by atoms with Crippen molar-refractivity contribution in [2.45, 2.75) is 52.3 Å². The Morgan fingerprint density at radius 3 is 2.87 bits per heavy atom. The highest BCUT2D eigenvalue weighted by atomic mass is 79.9. The summed E-state index contributed by atoms with van der Waals surface area (Å²) in [5.74, 6) is 6.03. The molecule has 1 saturated heterocycles. The number of halogens is 1. The number of hydrazine groups is 1. The van der Waals surface area contributed by atoms with E-state index in [0.29, 0.717) is 13.1 Å². The fourth-order valence-electron chi connectivity index (χ4n) is 2.92. The summed E-state index contributed by atoms with van der Waals surface area (Å²) in [6.07, 6.45) is 2.39. The Morgan fingerprint density at radius 2 is 2.30 bits per heavy atom. The van der Waals surface area contributed by atoms with Gasteiger partial charge in [0.25, 0.3) is 0 Å². The Morgan fingerprint density at radius 1 is 1.61 bits per heavy atom. The molecule has 130 valence electrons. The maximum absolute atomic E-state index is 12.2. The molecule has 2 atom stereocenters. The quantitative estimate of drug-likeness (QED) is 0.611. The lowest BCUT2D eigenvalue weighted by molar-refractivity contribution is 0.0285. The third-order valence-electron chi connectivity index (χ3n) is 3.95. The summed E-state index contributed by atoms with van der Waals surface area (Å²) >= 11 is 3.55. The van der Waals surface area contributed by atoms with Crippen molar-refractivity contribution in [2.75, 3.05) is 13.1 Å². The van der Waals surface area contributed by atoms with E-state index in [2.05, 4.69) is 26.5 Å². The van der Waals surface area contributed by atoms with Gasteiger partial charge in [0.05, 0.1) is 22.4 Å². The van der Waals surface area contributed by atoms with Crippen LogP contribution in [-0.4, -0.2) is 39.5 Å². The van der Waals surface area contributed by atoms with Crippen LogP contribution >= 0.6 is 15.9 Å². The van der Waals surface area contributed by atoms with Crippen molar-refractivity contribution in [1.29, 1.82) is 0 Å². The van der Waals surface area contributed by atoms with E-state index in [1.54, 1.807) is 11.1 Å². The number of hydrogen-bond acceptors (Lipinski definition) is 5. The number of nitrogens with zero attached hydrogens (tertiary/aromatic N) is 3. The number of likely N-dealkylation sites (tertiary alicyclic amines) is 1. The highest BCUT2D eigenvalue weighted by molar-refractivity contribution is 9.10. The first-order chi connectivity index (χ1) is 10.8. The summed E-state index contributed by atoms with van der Waals surface area (Å²) in [6.45, 7) is 9.72. The Bertz CT molecular complexity index is 555. The van der Waals surface area contributed by atoms with Gasteiger partial charge in [-0.05, 0) is 50.0 Å². The molecule has 0 saturated carbocycles. The standard InChI is InChI=1S/C15H26BrN5O2/c1-5-21-13(11(16)8-18-21)12(19-17)10-6-7-20(9-10)14(22)23-15(2,3)4/h8,10,12,19H,5-7,9,17H2,1-4H3. The highest BCUT2D eigenvalue weighted by Crippen LogP contribution is 2.34. The predicted molar refractivity (Wildman–Crippen MR) is 91.6 cm³/mol. The molecule has 1 aromatic rings. The van der Waals surface area contributed by atoms with Crippen molar-refractivity contribution in [3.63, 3.8) is 0 Å².